The van der Waals surface area contributed by atoms with E-state index in [4.69, 9.17) is 9.47 Å². The van der Waals surface area contributed by atoms with Gasteiger partial charge in [0.2, 0.25) is 5.96 Å². The van der Waals surface area contributed by atoms with Crippen molar-refractivity contribution in [3.05, 3.63) is 18.2 Å². The van der Waals surface area contributed by atoms with Crippen LogP contribution in [0.5, 0.6) is 5.75 Å². The van der Waals surface area contributed by atoms with Gasteiger partial charge in [0.1, 0.15) is 10.6 Å². The van der Waals surface area contributed by atoms with E-state index in [0.717, 1.165) is 6.42 Å². The van der Waals surface area contributed by atoms with E-state index in [0.29, 0.717) is 37.8 Å². The molecule has 0 radical (unpaired) electrons. The van der Waals surface area contributed by atoms with Gasteiger partial charge < -0.3 is 14.8 Å². The van der Waals surface area contributed by atoms with Crippen molar-refractivity contribution in [1.29, 1.82) is 0 Å². The van der Waals surface area contributed by atoms with E-state index in [1.807, 2.05) is 13.8 Å². The molecule has 0 saturated carbocycles. The van der Waals surface area contributed by atoms with Crippen molar-refractivity contribution in [2.45, 2.75) is 25.2 Å². The molecule has 2 rings (SSSR count). The predicted octanol–water partition coefficient (Wildman–Crippen LogP) is 1.57. The maximum atomic E-state index is 12.3. The molecule has 8 heteroatoms. The number of hydrogen-bond donors (Lipinski definition) is 2. The Kier molecular flexibility index (Phi) is 5.62. The Morgan fingerprint density at radius 2 is 2.05 bits per heavy atom. The molecule has 0 fully saturated rings. The summed E-state index contributed by atoms with van der Waals surface area (Å²) in [4.78, 5) is 4.37. The number of nitrogens with one attached hydrogen (secondary N) is 2. The summed E-state index contributed by atoms with van der Waals surface area (Å²) in [7, 11) is -3.63. The van der Waals surface area contributed by atoms with Crippen LogP contribution in [0.4, 0.5) is 5.69 Å². The number of guanidine groups is 1. The van der Waals surface area contributed by atoms with Crippen LogP contribution in [-0.4, -0.2) is 40.7 Å². The standard InChI is InChI=1S/C14H21N3O4S/c1-3-20-9-5-8-15-14-16-12-7-6-11(21-4-2)10-13(12)22(18,19)17-14/h6-7,10H,3-5,8-9H2,1-2H3,(H2,15,16,17). The van der Waals surface area contributed by atoms with Gasteiger partial charge in [0, 0.05) is 25.8 Å². The first-order chi connectivity index (χ1) is 10.6. The zero-order valence-electron chi connectivity index (χ0n) is 12.8. The highest BCUT2D eigenvalue weighted by Crippen LogP contribution is 2.28. The van der Waals surface area contributed by atoms with Crippen molar-refractivity contribution >= 4 is 21.7 Å². The lowest BCUT2D eigenvalue weighted by atomic mass is 10.3. The lowest BCUT2D eigenvalue weighted by Gasteiger charge is -2.22. The minimum atomic E-state index is -3.63. The van der Waals surface area contributed by atoms with Crippen LogP contribution in [0, 0.1) is 0 Å². The van der Waals surface area contributed by atoms with E-state index in [2.05, 4.69) is 15.0 Å². The minimum absolute atomic E-state index is 0.159. The first-order valence-corrected chi connectivity index (χ1v) is 8.74. The van der Waals surface area contributed by atoms with E-state index in [-0.39, 0.29) is 10.9 Å². The molecule has 0 amide bonds. The van der Waals surface area contributed by atoms with Gasteiger partial charge in [-0.1, -0.05) is 0 Å². The molecule has 0 saturated heterocycles. The highest BCUT2D eigenvalue weighted by molar-refractivity contribution is 7.90. The molecular formula is C14H21N3O4S. The summed E-state index contributed by atoms with van der Waals surface area (Å²) in [5.74, 6) is 0.749. The Labute approximate surface area is 130 Å². The fourth-order valence-electron chi connectivity index (χ4n) is 1.99. The first-order valence-electron chi connectivity index (χ1n) is 7.25. The maximum absolute atomic E-state index is 12.3. The van der Waals surface area contributed by atoms with Gasteiger partial charge in [-0.15, -0.1) is 0 Å². The monoisotopic (exact) mass is 327 g/mol. The third kappa shape index (κ3) is 4.11. The van der Waals surface area contributed by atoms with E-state index >= 15 is 0 Å². The lowest BCUT2D eigenvalue weighted by Crippen LogP contribution is -2.40. The fraction of sp³-hybridized carbons (Fsp3) is 0.500. The van der Waals surface area contributed by atoms with Crippen molar-refractivity contribution in [2.24, 2.45) is 4.99 Å². The fourth-order valence-corrected chi connectivity index (χ4v) is 3.15. The van der Waals surface area contributed by atoms with E-state index in [1.54, 1.807) is 12.1 Å². The van der Waals surface area contributed by atoms with Crippen LogP contribution in [0.25, 0.3) is 0 Å². The Hall–Kier alpha value is -1.80. The molecule has 1 aliphatic heterocycles. The Morgan fingerprint density at radius 3 is 2.77 bits per heavy atom. The number of anilines is 1. The molecule has 0 spiro atoms. The average Bonchev–Trinajstić information content (AvgIpc) is 2.47. The quantitative estimate of drug-likeness (QED) is 0.742. The normalized spacial score (nSPS) is 17.5. The van der Waals surface area contributed by atoms with Crippen molar-refractivity contribution in [3.8, 4) is 5.75 Å². The number of ether oxygens (including phenoxy) is 2. The van der Waals surface area contributed by atoms with Gasteiger partial charge in [0.15, 0.2) is 0 Å². The summed E-state index contributed by atoms with van der Waals surface area (Å²) in [6.45, 7) is 6.00. The summed E-state index contributed by atoms with van der Waals surface area (Å²) < 4.78 is 37.5. The number of rotatable bonds is 7. The molecule has 7 nitrogen and oxygen atoms in total. The summed E-state index contributed by atoms with van der Waals surface area (Å²) in [6, 6.07) is 4.90. The van der Waals surface area contributed by atoms with Crippen molar-refractivity contribution in [3.63, 3.8) is 0 Å². The third-order valence-corrected chi connectivity index (χ3v) is 4.34. The van der Waals surface area contributed by atoms with Crippen molar-refractivity contribution in [1.82, 2.24) is 4.72 Å². The van der Waals surface area contributed by atoms with Crippen LogP contribution in [0.2, 0.25) is 0 Å². The van der Waals surface area contributed by atoms with E-state index < -0.39 is 10.0 Å². The first kappa shape index (κ1) is 16.6. The largest absolute Gasteiger partial charge is 0.494 e. The second kappa shape index (κ2) is 7.46. The molecule has 0 atom stereocenters. The van der Waals surface area contributed by atoms with Crippen LogP contribution in [0.1, 0.15) is 20.3 Å². The van der Waals surface area contributed by atoms with Gasteiger partial charge >= 0.3 is 0 Å². The topological polar surface area (TPSA) is 89.0 Å². The Balaban J connectivity index is 2.12. The molecule has 0 aliphatic carbocycles. The van der Waals surface area contributed by atoms with E-state index in [1.165, 1.54) is 6.07 Å². The molecule has 1 aromatic rings. The molecule has 0 aromatic heterocycles. The summed E-state index contributed by atoms with van der Waals surface area (Å²) in [6.07, 6.45) is 0.733. The number of hydrogen-bond acceptors (Lipinski definition) is 5. The summed E-state index contributed by atoms with van der Waals surface area (Å²) in [5.41, 5.74) is 0.491. The summed E-state index contributed by atoms with van der Waals surface area (Å²) in [5, 5.41) is 2.98. The molecule has 0 unspecified atom stereocenters. The number of benzene rings is 1. The molecule has 22 heavy (non-hydrogen) atoms. The molecule has 1 heterocycles. The maximum Gasteiger partial charge on any atom is 0.266 e. The number of nitrogens with zero attached hydrogens (tertiary/aromatic N) is 1. The summed E-state index contributed by atoms with van der Waals surface area (Å²) >= 11 is 0. The number of aliphatic imine (C=N–C) groups is 1. The van der Waals surface area contributed by atoms with Crippen LogP contribution < -0.4 is 14.8 Å². The zero-order valence-corrected chi connectivity index (χ0v) is 13.6. The van der Waals surface area contributed by atoms with Crippen LogP contribution in [0.15, 0.2) is 28.1 Å². The highest BCUT2D eigenvalue weighted by Gasteiger charge is 2.26. The molecule has 122 valence electrons. The van der Waals surface area contributed by atoms with E-state index in [9.17, 15) is 8.42 Å². The molecule has 1 aliphatic rings. The third-order valence-electron chi connectivity index (χ3n) is 2.96. The Bertz CT molecular complexity index is 643. The van der Waals surface area contributed by atoms with Gasteiger partial charge in [-0.3, -0.25) is 4.99 Å². The van der Waals surface area contributed by atoms with Crippen LogP contribution in [0.3, 0.4) is 0 Å². The average molecular weight is 327 g/mol. The van der Waals surface area contributed by atoms with Crippen molar-refractivity contribution < 1.29 is 17.9 Å². The van der Waals surface area contributed by atoms with Gasteiger partial charge in [0.25, 0.3) is 10.0 Å². The molecule has 0 bridgehead atoms. The molecule has 2 N–H and O–H groups in total. The highest BCUT2D eigenvalue weighted by atomic mass is 32.2. The zero-order chi connectivity index (χ0) is 16.0. The van der Waals surface area contributed by atoms with Gasteiger partial charge in [-0.2, -0.15) is 0 Å². The molecular weight excluding hydrogens is 306 g/mol. The van der Waals surface area contributed by atoms with Gasteiger partial charge in [-0.05, 0) is 32.4 Å². The molecule has 1 aromatic carbocycles. The number of sulfonamides is 1. The van der Waals surface area contributed by atoms with Crippen LogP contribution >= 0.6 is 0 Å². The minimum Gasteiger partial charge on any atom is -0.494 e. The van der Waals surface area contributed by atoms with Gasteiger partial charge in [0.05, 0.1) is 12.3 Å². The van der Waals surface area contributed by atoms with Gasteiger partial charge in [-0.25, -0.2) is 13.1 Å². The Morgan fingerprint density at radius 1 is 1.23 bits per heavy atom. The smallest absolute Gasteiger partial charge is 0.266 e. The second-order valence-electron chi connectivity index (χ2n) is 4.60. The number of fused-ring (bicyclic) bond motifs is 1. The SMILES string of the molecule is CCOCCCN=C1Nc2ccc(OCC)cc2S(=O)(=O)N1. The lowest BCUT2D eigenvalue weighted by molar-refractivity contribution is 0.146. The van der Waals surface area contributed by atoms with Crippen molar-refractivity contribution in [2.75, 3.05) is 31.7 Å². The second-order valence-corrected chi connectivity index (χ2v) is 6.25. The van der Waals surface area contributed by atoms with Crippen LogP contribution in [-0.2, 0) is 14.8 Å². The predicted molar refractivity (Wildman–Crippen MR) is 85.0 cm³/mol.